The highest BCUT2D eigenvalue weighted by Crippen LogP contribution is 2.31. The molecule has 1 atom stereocenters. The van der Waals surface area contributed by atoms with E-state index in [0.717, 1.165) is 37.1 Å². The summed E-state index contributed by atoms with van der Waals surface area (Å²) in [6, 6.07) is 13.5. The van der Waals surface area contributed by atoms with Crippen LogP contribution in [-0.4, -0.2) is 44.1 Å². The number of rotatable bonds is 6. The van der Waals surface area contributed by atoms with Crippen molar-refractivity contribution in [1.82, 2.24) is 4.90 Å². The maximum atomic E-state index is 12.9. The fraction of sp³-hybridized carbons (Fsp3) is 0.417. The summed E-state index contributed by atoms with van der Waals surface area (Å²) in [6.07, 6.45) is 4.42. The maximum Gasteiger partial charge on any atom is 0.337 e. The first-order valence-corrected chi connectivity index (χ1v) is 10.4. The summed E-state index contributed by atoms with van der Waals surface area (Å²) < 4.78 is 10.1. The monoisotopic (exact) mass is 410 g/mol. The number of likely N-dealkylation sites (tertiary alicyclic amines) is 1. The second-order valence-corrected chi connectivity index (χ2v) is 7.68. The largest absolute Gasteiger partial charge is 0.497 e. The molecule has 0 radical (unpaired) electrons. The lowest BCUT2D eigenvalue weighted by molar-refractivity contribution is -0.117. The van der Waals surface area contributed by atoms with Crippen molar-refractivity contribution < 1.29 is 19.1 Å². The summed E-state index contributed by atoms with van der Waals surface area (Å²) in [7, 11) is 3.01. The smallest absolute Gasteiger partial charge is 0.337 e. The third-order valence-corrected chi connectivity index (χ3v) is 5.64. The fourth-order valence-corrected chi connectivity index (χ4v) is 3.94. The van der Waals surface area contributed by atoms with Gasteiger partial charge in [0.1, 0.15) is 5.75 Å². The van der Waals surface area contributed by atoms with Crippen LogP contribution in [0, 0.1) is 6.92 Å². The van der Waals surface area contributed by atoms with Crippen LogP contribution in [0.1, 0.15) is 53.2 Å². The number of benzene rings is 2. The Bertz CT molecular complexity index is 879. The third-order valence-electron chi connectivity index (χ3n) is 5.64. The van der Waals surface area contributed by atoms with Crippen LogP contribution in [0.15, 0.2) is 42.5 Å². The SMILES string of the molecule is COC(=O)c1ccc(C)c(NC(=O)CN2CCCCC[C@H]2c2ccc(OC)cc2)c1. The van der Waals surface area contributed by atoms with Gasteiger partial charge in [-0.05, 0) is 61.7 Å². The molecule has 0 aromatic heterocycles. The minimum atomic E-state index is -0.419. The zero-order valence-electron chi connectivity index (χ0n) is 17.9. The Morgan fingerprint density at radius 2 is 1.83 bits per heavy atom. The first kappa shape index (κ1) is 21.8. The molecule has 6 nitrogen and oxygen atoms in total. The van der Waals surface area contributed by atoms with E-state index >= 15 is 0 Å². The standard InChI is InChI=1S/C24H30N2O4/c1-17-8-9-19(24(28)30-3)15-21(17)25-23(27)16-26-14-6-4-5-7-22(26)18-10-12-20(29-2)13-11-18/h8-13,15,22H,4-7,14,16H2,1-3H3,(H,25,27)/t22-/m0/s1. The summed E-state index contributed by atoms with van der Waals surface area (Å²) in [5.74, 6) is 0.329. The van der Waals surface area contributed by atoms with Gasteiger partial charge in [0.05, 0.1) is 26.3 Å². The zero-order chi connectivity index (χ0) is 21.5. The van der Waals surface area contributed by atoms with Gasteiger partial charge in [0.2, 0.25) is 5.91 Å². The molecule has 6 heteroatoms. The molecule has 2 aromatic rings. The van der Waals surface area contributed by atoms with Crippen molar-refractivity contribution in [2.45, 2.75) is 38.6 Å². The molecule has 1 heterocycles. The average Bonchev–Trinajstić information content (AvgIpc) is 3.00. The van der Waals surface area contributed by atoms with Gasteiger partial charge in [-0.25, -0.2) is 4.79 Å². The van der Waals surface area contributed by atoms with Crippen LogP contribution in [0.5, 0.6) is 5.75 Å². The van der Waals surface area contributed by atoms with Crippen LogP contribution in [0.4, 0.5) is 5.69 Å². The number of nitrogens with zero attached hydrogens (tertiary/aromatic N) is 1. The predicted molar refractivity (Wildman–Crippen MR) is 117 cm³/mol. The van der Waals surface area contributed by atoms with Crippen LogP contribution in [-0.2, 0) is 9.53 Å². The second kappa shape index (κ2) is 10.3. The number of hydrogen-bond donors (Lipinski definition) is 1. The van der Waals surface area contributed by atoms with Gasteiger partial charge in [-0.3, -0.25) is 9.69 Å². The van der Waals surface area contributed by atoms with Crippen molar-refractivity contribution in [2.24, 2.45) is 0 Å². The molecular weight excluding hydrogens is 380 g/mol. The van der Waals surface area contributed by atoms with E-state index < -0.39 is 5.97 Å². The van der Waals surface area contributed by atoms with E-state index in [1.54, 1.807) is 19.2 Å². The normalized spacial score (nSPS) is 17.1. The molecule has 0 aliphatic carbocycles. The Kier molecular flexibility index (Phi) is 7.46. The topological polar surface area (TPSA) is 67.9 Å². The van der Waals surface area contributed by atoms with Gasteiger partial charge in [0, 0.05) is 11.7 Å². The molecule has 1 saturated heterocycles. The van der Waals surface area contributed by atoms with Gasteiger partial charge in [-0.2, -0.15) is 0 Å². The van der Waals surface area contributed by atoms with Crippen LogP contribution in [0.3, 0.4) is 0 Å². The number of anilines is 1. The van der Waals surface area contributed by atoms with Gasteiger partial charge in [0.25, 0.3) is 0 Å². The third kappa shape index (κ3) is 5.39. The number of nitrogens with one attached hydrogen (secondary N) is 1. The number of hydrogen-bond acceptors (Lipinski definition) is 5. The summed E-state index contributed by atoms with van der Waals surface area (Å²) in [5, 5.41) is 2.98. The van der Waals surface area contributed by atoms with E-state index in [1.165, 1.54) is 19.1 Å². The Morgan fingerprint density at radius 3 is 2.53 bits per heavy atom. The summed E-state index contributed by atoms with van der Waals surface area (Å²) in [4.78, 5) is 26.9. The number of aryl methyl sites for hydroxylation is 1. The van der Waals surface area contributed by atoms with Crippen LogP contribution in [0.25, 0.3) is 0 Å². The van der Waals surface area contributed by atoms with Gasteiger partial charge >= 0.3 is 5.97 Å². The lowest BCUT2D eigenvalue weighted by Crippen LogP contribution is -2.36. The van der Waals surface area contributed by atoms with Crippen LogP contribution in [0.2, 0.25) is 0 Å². The molecule has 0 spiro atoms. The number of carbonyl (C=O) groups is 2. The zero-order valence-corrected chi connectivity index (χ0v) is 17.9. The molecule has 3 rings (SSSR count). The highest BCUT2D eigenvalue weighted by atomic mass is 16.5. The Morgan fingerprint density at radius 1 is 1.07 bits per heavy atom. The Hall–Kier alpha value is -2.86. The number of amides is 1. The Labute approximate surface area is 178 Å². The van der Waals surface area contributed by atoms with E-state index in [9.17, 15) is 9.59 Å². The van der Waals surface area contributed by atoms with Crippen molar-refractivity contribution in [3.63, 3.8) is 0 Å². The van der Waals surface area contributed by atoms with Crippen molar-refractivity contribution in [1.29, 1.82) is 0 Å². The summed E-state index contributed by atoms with van der Waals surface area (Å²) >= 11 is 0. The van der Waals surface area contributed by atoms with Crippen molar-refractivity contribution in [2.75, 3.05) is 32.6 Å². The number of ether oxygens (including phenoxy) is 2. The van der Waals surface area contributed by atoms with E-state index in [-0.39, 0.29) is 11.9 Å². The summed E-state index contributed by atoms with van der Waals surface area (Å²) in [6.45, 7) is 3.09. The fourth-order valence-electron chi connectivity index (χ4n) is 3.94. The van der Waals surface area contributed by atoms with Gasteiger partial charge in [-0.1, -0.05) is 31.0 Å². The lowest BCUT2D eigenvalue weighted by atomic mass is 10.0. The second-order valence-electron chi connectivity index (χ2n) is 7.68. The number of methoxy groups -OCH3 is 2. The molecule has 1 amide bonds. The molecule has 1 N–H and O–H groups in total. The van der Waals surface area contributed by atoms with Crippen molar-refractivity contribution in [3.05, 3.63) is 59.2 Å². The van der Waals surface area contributed by atoms with Crippen molar-refractivity contribution in [3.8, 4) is 5.75 Å². The Balaban J connectivity index is 1.73. The van der Waals surface area contributed by atoms with Crippen LogP contribution >= 0.6 is 0 Å². The van der Waals surface area contributed by atoms with Crippen molar-refractivity contribution >= 4 is 17.6 Å². The maximum absolute atomic E-state index is 12.9. The van der Waals surface area contributed by atoms with Gasteiger partial charge in [0.15, 0.2) is 0 Å². The molecule has 0 saturated carbocycles. The number of esters is 1. The minimum absolute atomic E-state index is 0.0828. The highest BCUT2D eigenvalue weighted by Gasteiger charge is 2.25. The molecule has 1 aliphatic heterocycles. The molecule has 2 aromatic carbocycles. The van der Waals surface area contributed by atoms with E-state index in [2.05, 4.69) is 22.3 Å². The summed E-state index contributed by atoms with van der Waals surface area (Å²) in [5.41, 5.74) is 3.16. The van der Waals surface area contributed by atoms with Gasteiger partial charge < -0.3 is 14.8 Å². The molecule has 1 aliphatic rings. The predicted octanol–water partition coefficient (Wildman–Crippen LogP) is 4.35. The van der Waals surface area contributed by atoms with Crippen LogP contribution < -0.4 is 10.1 Å². The first-order chi connectivity index (χ1) is 14.5. The highest BCUT2D eigenvalue weighted by molar-refractivity contribution is 5.96. The van der Waals surface area contributed by atoms with E-state index in [0.29, 0.717) is 17.8 Å². The van der Waals surface area contributed by atoms with E-state index in [1.807, 2.05) is 25.1 Å². The van der Waals surface area contributed by atoms with E-state index in [4.69, 9.17) is 9.47 Å². The minimum Gasteiger partial charge on any atom is -0.497 e. The van der Waals surface area contributed by atoms with Gasteiger partial charge in [-0.15, -0.1) is 0 Å². The average molecular weight is 411 g/mol. The molecule has 0 bridgehead atoms. The molecule has 0 unspecified atom stereocenters. The lowest BCUT2D eigenvalue weighted by Gasteiger charge is -2.30. The molecule has 1 fully saturated rings. The quantitative estimate of drug-likeness (QED) is 0.718. The number of carbonyl (C=O) groups excluding carboxylic acids is 2. The molecular formula is C24H30N2O4. The first-order valence-electron chi connectivity index (χ1n) is 10.4. The molecule has 160 valence electrons. The molecule has 30 heavy (non-hydrogen) atoms.